The zero-order valence-electron chi connectivity index (χ0n) is 14.9. The van der Waals surface area contributed by atoms with Crippen LogP contribution in [0.15, 0.2) is 48.7 Å². The second kappa shape index (κ2) is 8.51. The van der Waals surface area contributed by atoms with Crippen molar-refractivity contribution >= 4 is 29.1 Å². The third kappa shape index (κ3) is 4.56. The van der Waals surface area contributed by atoms with Gasteiger partial charge in [-0.25, -0.2) is 4.79 Å². The fourth-order valence-electron chi connectivity index (χ4n) is 2.75. The van der Waals surface area contributed by atoms with E-state index in [-0.39, 0.29) is 5.69 Å². The number of benzene rings is 1. The number of hydrogen-bond donors (Lipinski definition) is 2. The summed E-state index contributed by atoms with van der Waals surface area (Å²) in [6.07, 6.45) is -0.315. The summed E-state index contributed by atoms with van der Waals surface area (Å²) in [6.45, 7) is 0. The average molecular weight is 409 g/mol. The van der Waals surface area contributed by atoms with Gasteiger partial charge in [-0.15, -0.1) is 10.2 Å². The Labute approximate surface area is 163 Å². The third-order valence-electron chi connectivity index (χ3n) is 4.05. The van der Waals surface area contributed by atoms with Gasteiger partial charge in [0.05, 0.1) is 17.3 Å². The SMILES string of the molecule is CSCCC(NC(=O)Nc1ccccc1C(F)(F)F)c1nnc2ccccn12. The van der Waals surface area contributed by atoms with E-state index in [0.29, 0.717) is 17.9 Å². The number of halogens is 3. The first kappa shape index (κ1) is 20.0. The minimum atomic E-state index is -4.56. The molecule has 1 atom stereocenters. The number of carbonyl (C=O) groups excluding carboxylic acids is 1. The summed E-state index contributed by atoms with van der Waals surface area (Å²) in [5.74, 6) is 1.25. The van der Waals surface area contributed by atoms with Crippen LogP contribution < -0.4 is 10.6 Å². The van der Waals surface area contributed by atoms with E-state index >= 15 is 0 Å². The number of rotatable bonds is 6. The van der Waals surface area contributed by atoms with Crippen molar-refractivity contribution < 1.29 is 18.0 Å². The van der Waals surface area contributed by atoms with Crippen molar-refractivity contribution in [2.75, 3.05) is 17.3 Å². The van der Waals surface area contributed by atoms with Crippen molar-refractivity contribution in [1.29, 1.82) is 0 Å². The molecule has 6 nitrogen and oxygen atoms in total. The summed E-state index contributed by atoms with van der Waals surface area (Å²) < 4.78 is 41.1. The molecule has 10 heteroatoms. The van der Waals surface area contributed by atoms with Crippen molar-refractivity contribution in [2.24, 2.45) is 0 Å². The number of amides is 2. The Hall–Kier alpha value is -2.75. The first-order valence-electron chi connectivity index (χ1n) is 8.42. The highest BCUT2D eigenvalue weighted by molar-refractivity contribution is 7.98. The molecule has 0 aliphatic carbocycles. The van der Waals surface area contributed by atoms with Crippen LogP contribution in [0.3, 0.4) is 0 Å². The van der Waals surface area contributed by atoms with Crippen molar-refractivity contribution in [3.8, 4) is 0 Å². The fraction of sp³-hybridized carbons (Fsp3) is 0.278. The Kier molecular flexibility index (Phi) is 6.08. The van der Waals surface area contributed by atoms with Crippen LogP contribution >= 0.6 is 11.8 Å². The van der Waals surface area contributed by atoms with Gasteiger partial charge < -0.3 is 10.6 Å². The predicted molar refractivity (Wildman–Crippen MR) is 102 cm³/mol. The highest BCUT2D eigenvalue weighted by Crippen LogP contribution is 2.34. The first-order chi connectivity index (χ1) is 13.4. The van der Waals surface area contributed by atoms with Crippen molar-refractivity contribution in [3.05, 3.63) is 60.0 Å². The maximum atomic E-state index is 13.1. The molecule has 148 valence electrons. The molecule has 0 fully saturated rings. The van der Waals surface area contributed by atoms with Crippen molar-refractivity contribution in [1.82, 2.24) is 19.9 Å². The lowest BCUT2D eigenvalue weighted by molar-refractivity contribution is -0.136. The summed E-state index contributed by atoms with van der Waals surface area (Å²) in [5.41, 5.74) is -0.586. The van der Waals surface area contributed by atoms with Gasteiger partial charge >= 0.3 is 12.2 Å². The third-order valence-corrected chi connectivity index (χ3v) is 4.69. The Morgan fingerprint density at radius 2 is 1.93 bits per heavy atom. The van der Waals surface area contributed by atoms with Crippen LogP contribution in [0.2, 0.25) is 0 Å². The number of thioether (sulfide) groups is 1. The molecule has 0 aliphatic heterocycles. The van der Waals surface area contributed by atoms with Crippen LogP contribution in [0.25, 0.3) is 5.65 Å². The number of nitrogens with zero attached hydrogens (tertiary/aromatic N) is 3. The van der Waals surface area contributed by atoms with Crippen LogP contribution in [0.5, 0.6) is 0 Å². The standard InChI is InChI=1S/C18H18F3N5OS/c1-28-11-9-14(16-25-24-15-8-4-5-10-26(15)16)23-17(27)22-13-7-3-2-6-12(13)18(19,20)21/h2-8,10,14H,9,11H2,1H3,(H2,22,23,27). The minimum Gasteiger partial charge on any atom is -0.328 e. The van der Waals surface area contributed by atoms with Crippen LogP contribution in [0.4, 0.5) is 23.7 Å². The van der Waals surface area contributed by atoms with Gasteiger partial charge in [0.25, 0.3) is 0 Å². The van der Waals surface area contributed by atoms with Crippen LogP contribution in [0.1, 0.15) is 23.9 Å². The molecule has 2 aromatic heterocycles. The molecule has 2 N–H and O–H groups in total. The van der Waals surface area contributed by atoms with Crippen molar-refractivity contribution in [3.63, 3.8) is 0 Å². The number of pyridine rings is 1. The zero-order valence-corrected chi connectivity index (χ0v) is 15.7. The quantitative estimate of drug-likeness (QED) is 0.635. The topological polar surface area (TPSA) is 71.3 Å². The molecule has 0 saturated carbocycles. The maximum Gasteiger partial charge on any atom is 0.418 e. The second-order valence-corrected chi connectivity index (χ2v) is 6.95. The van der Waals surface area contributed by atoms with Gasteiger partial charge in [0.1, 0.15) is 0 Å². The van der Waals surface area contributed by atoms with E-state index in [1.54, 1.807) is 28.4 Å². The molecule has 0 spiro atoms. The first-order valence-corrected chi connectivity index (χ1v) is 9.82. The molecule has 1 unspecified atom stereocenters. The Morgan fingerprint density at radius 3 is 2.68 bits per heavy atom. The Bertz CT molecular complexity index is 960. The summed E-state index contributed by atoms with van der Waals surface area (Å²) in [4.78, 5) is 12.4. The number of alkyl halides is 3. The van der Waals surface area contributed by atoms with Crippen LogP contribution in [0, 0.1) is 0 Å². The summed E-state index contributed by atoms with van der Waals surface area (Å²) in [7, 11) is 0. The van der Waals surface area contributed by atoms with E-state index in [1.807, 2.05) is 18.4 Å². The van der Waals surface area contributed by atoms with E-state index in [2.05, 4.69) is 20.8 Å². The second-order valence-electron chi connectivity index (χ2n) is 5.96. The summed E-state index contributed by atoms with van der Waals surface area (Å²) >= 11 is 1.59. The van der Waals surface area contributed by atoms with Gasteiger partial charge in [0.15, 0.2) is 11.5 Å². The predicted octanol–water partition coefficient (Wildman–Crippen LogP) is 4.36. The van der Waals surface area contributed by atoms with Crippen LogP contribution in [-0.4, -0.2) is 32.6 Å². The minimum absolute atomic E-state index is 0.304. The molecule has 0 radical (unpaired) electrons. The lowest BCUT2D eigenvalue weighted by Gasteiger charge is -2.19. The smallest absolute Gasteiger partial charge is 0.328 e. The molecular formula is C18H18F3N5OS. The fourth-order valence-corrected chi connectivity index (χ4v) is 3.23. The van der Waals surface area contributed by atoms with Crippen molar-refractivity contribution in [2.45, 2.75) is 18.6 Å². The van der Waals surface area contributed by atoms with Gasteiger partial charge in [-0.1, -0.05) is 18.2 Å². The number of hydrogen-bond acceptors (Lipinski definition) is 4. The molecule has 2 heterocycles. The zero-order chi connectivity index (χ0) is 20.1. The van der Waals surface area contributed by atoms with Gasteiger partial charge in [0.2, 0.25) is 0 Å². The van der Waals surface area contributed by atoms with Gasteiger partial charge in [0, 0.05) is 6.20 Å². The lowest BCUT2D eigenvalue weighted by atomic mass is 10.1. The highest BCUT2D eigenvalue weighted by atomic mass is 32.2. The summed E-state index contributed by atoms with van der Waals surface area (Å²) in [5, 5.41) is 13.2. The number of nitrogens with one attached hydrogen (secondary N) is 2. The molecule has 3 aromatic rings. The van der Waals surface area contributed by atoms with E-state index in [9.17, 15) is 18.0 Å². The Morgan fingerprint density at radius 1 is 1.18 bits per heavy atom. The molecule has 2 amide bonds. The normalized spacial score (nSPS) is 12.7. The molecule has 0 aliphatic rings. The number of anilines is 1. The largest absolute Gasteiger partial charge is 0.418 e. The average Bonchev–Trinajstić information content (AvgIpc) is 3.09. The number of fused-ring (bicyclic) bond motifs is 1. The van der Waals surface area contributed by atoms with Crippen LogP contribution in [-0.2, 0) is 6.18 Å². The Balaban J connectivity index is 1.81. The monoisotopic (exact) mass is 409 g/mol. The highest BCUT2D eigenvalue weighted by Gasteiger charge is 2.33. The molecule has 3 rings (SSSR count). The summed E-state index contributed by atoms with van der Waals surface area (Å²) in [6, 6.07) is 9.00. The lowest BCUT2D eigenvalue weighted by Crippen LogP contribution is -2.34. The van der Waals surface area contributed by atoms with Gasteiger partial charge in [-0.2, -0.15) is 24.9 Å². The van der Waals surface area contributed by atoms with E-state index < -0.39 is 23.8 Å². The maximum absolute atomic E-state index is 13.1. The molecule has 1 aromatic carbocycles. The molecule has 28 heavy (non-hydrogen) atoms. The van der Waals surface area contributed by atoms with E-state index in [0.717, 1.165) is 11.8 Å². The number of urea groups is 1. The number of carbonyl (C=O) groups is 1. The number of para-hydroxylation sites is 1. The molecule has 0 bridgehead atoms. The van der Waals surface area contributed by atoms with E-state index in [1.165, 1.54) is 18.2 Å². The molecule has 0 saturated heterocycles. The van der Waals surface area contributed by atoms with Gasteiger partial charge in [-0.05, 0) is 42.7 Å². The number of aromatic nitrogens is 3. The van der Waals surface area contributed by atoms with E-state index in [4.69, 9.17) is 0 Å². The molecular weight excluding hydrogens is 391 g/mol. The van der Waals surface area contributed by atoms with Gasteiger partial charge in [-0.3, -0.25) is 4.40 Å².